The van der Waals surface area contributed by atoms with Gasteiger partial charge in [0.15, 0.2) is 0 Å². The van der Waals surface area contributed by atoms with E-state index in [1.54, 1.807) is 30.3 Å². The summed E-state index contributed by atoms with van der Waals surface area (Å²) in [7, 11) is 0. The van der Waals surface area contributed by atoms with Crippen LogP contribution in [0.25, 0.3) is 0 Å². The largest absolute Gasteiger partial charge is 0.339 e. The topological polar surface area (TPSA) is 49.4 Å². The lowest BCUT2D eigenvalue weighted by Gasteiger charge is -2.20. The summed E-state index contributed by atoms with van der Waals surface area (Å²) < 4.78 is 0. The molecule has 1 saturated heterocycles. The molecule has 0 aromatic heterocycles. The normalized spacial score (nSPS) is 14.7. The Balaban J connectivity index is 1.65. The Labute approximate surface area is 148 Å². The van der Waals surface area contributed by atoms with Gasteiger partial charge in [-0.2, -0.15) is 0 Å². The summed E-state index contributed by atoms with van der Waals surface area (Å²) in [6.07, 6.45) is 4.56. The second-order valence-electron chi connectivity index (χ2n) is 6.61. The van der Waals surface area contributed by atoms with Crippen LogP contribution in [0.3, 0.4) is 0 Å². The van der Waals surface area contributed by atoms with Gasteiger partial charge in [0.1, 0.15) is 0 Å². The van der Waals surface area contributed by atoms with Crippen molar-refractivity contribution in [1.82, 2.24) is 4.90 Å². The highest BCUT2D eigenvalue weighted by Crippen LogP contribution is 2.16. The van der Waals surface area contributed by atoms with Crippen LogP contribution in [0, 0.1) is 6.92 Å². The molecule has 2 aromatic carbocycles. The zero-order valence-electron chi connectivity index (χ0n) is 14.6. The predicted octanol–water partition coefficient (Wildman–Crippen LogP) is 4.26. The van der Waals surface area contributed by atoms with Gasteiger partial charge >= 0.3 is 0 Å². The van der Waals surface area contributed by atoms with E-state index >= 15 is 0 Å². The van der Waals surface area contributed by atoms with E-state index in [-0.39, 0.29) is 11.8 Å². The monoisotopic (exact) mass is 336 g/mol. The second kappa shape index (κ2) is 7.97. The van der Waals surface area contributed by atoms with Gasteiger partial charge in [-0.25, -0.2) is 0 Å². The third-order valence-electron chi connectivity index (χ3n) is 4.56. The van der Waals surface area contributed by atoms with E-state index in [2.05, 4.69) is 5.32 Å². The number of anilines is 1. The minimum Gasteiger partial charge on any atom is -0.339 e. The second-order valence-corrected chi connectivity index (χ2v) is 6.61. The van der Waals surface area contributed by atoms with Crippen molar-refractivity contribution < 1.29 is 9.59 Å². The molecule has 4 nitrogen and oxygen atoms in total. The first kappa shape index (κ1) is 17.2. The lowest BCUT2D eigenvalue weighted by atomic mass is 10.1. The van der Waals surface area contributed by atoms with Gasteiger partial charge in [0.25, 0.3) is 11.8 Å². The highest BCUT2D eigenvalue weighted by molar-refractivity contribution is 6.04. The van der Waals surface area contributed by atoms with Gasteiger partial charge in [-0.15, -0.1) is 0 Å². The molecule has 4 heteroatoms. The zero-order chi connectivity index (χ0) is 17.6. The molecule has 3 rings (SSSR count). The van der Waals surface area contributed by atoms with Gasteiger partial charge in [0.05, 0.1) is 0 Å². The van der Waals surface area contributed by atoms with Crippen molar-refractivity contribution >= 4 is 17.5 Å². The van der Waals surface area contributed by atoms with Crippen LogP contribution < -0.4 is 5.32 Å². The number of likely N-dealkylation sites (tertiary alicyclic amines) is 1. The first-order valence-corrected chi connectivity index (χ1v) is 8.91. The molecular weight excluding hydrogens is 312 g/mol. The number of carbonyl (C=O) groups is 2. The van der Waals surface area contributed by atoms with Gasteiger partial charge in [0, 0.05) is 29.9 Å². The van der Waals surface area contributed by atoms with E-state index in [4.69, 9.17) is 0 Å². The summed E-state index contributed by atoms with van der Waals surface area (Å²) in [4.78, 5) is 26.8. The van der Waals surface area contributed by atoms with E-state index in [9.17, 15) is 9.59 Å². The molecule has 0 saturated carbocycles. The molecular formula is C21H24N2O2. The van der Waals surface area contributed by atoms with Gasteiger partial charge in [-0.1, -0.05) is 30.5 Å². The van der Waals surface area contributed by atoms with Crippen molar-refractivity contribution in [1.29, 1.82) is 0 Å². The number of nitrogens with one attached hydrogen (secondary N) is 1. The number of amides is 2. The van der Waals surface area contributed by atoms with Crippen LogP contribution in [-0.4, -0.2) is 29.8 Å². The molecule has 2 aromatic rings. The molecule has 0 bridgehead atoms. The van der Waals surface area contributed by atoms with E-state index in [1.165, 1.54) is 12.8 Å². The summed E-state index contributed by atoms with van der Waals surface area (Å²) in [5.74, 6) is -0.0613. The Morgan fingerprint density at radius 2 is 1.56 bits per heavy atom. The van der Waals surface area contributed by atoms with Crippen molar-refractivity contribution in [3.8, 4) is 0 Å². The Bertz CT molecular complexity index is 745. The Hall–Kier alpha value is -2.62. The van der Waals surface area contributed by atoms with Crippen molar-refractivity contribution in [3.63, 3.8) is 0 Å². The minimum atomic E-state index is -0.143. The number of hydrogen-bond donors (Lipinski definition) is 1. The number of nitrogens with zero attached hydrogens (tertiary/aromatic N) is 1. The van der Waals surface area contributed by atoms with Crippen LogP contribution in [0.2, 0.25) is 0 Å². The molecule has 1 fully saturated rings. The maximum absolute atomic E-state index is 12.6. The van der Waals surface area contributed by atoms with Gasteiger partial charge in [-0.05, 0) is 56.2 Å². The summed E-state index contributed by atoms with van der Waals surface area (Å²) in [6.45, 7) is 3.63. The van der Waals surface area contributed by atoms with Crippen LogP contribution in [0.5, 0.6) is 0 Å². The molecule has 1 aliphatic rings. The number of aryl methyl sites for hydroxylation is 1. The molecule has 2 amide bonds. The molecule has 1 heterocycles. The highest BCUT2D eigenvalue weighted by atomic mass is 16.2. The highest BCUT2D eigenvalue weighted by Gasteiger charge is 2.17. The smallest absolute Gasteiger partial charge is 0.255 e. The molecule has 0 atom stereocenters. The van der Waals surface area contributed by atoms with Crippen LogP contribution in [0.4, 0.5) is 5.69 Å². The number of rotatable bonds is 3. The van der Waals surface area contributed by atoms with Crippen LogP contribution in [0.15, 0.2) is 48.5 Å². The van der Waals surface area contributed by atoms with Gasteiger partial charge in [-0.3, -0.25) is 9.59 Å². The fraction of sp³-hybridized carbons (Fsp3) is 0.333. The number of carbonyl (C=O) groups excluding carboxylic acids is 2. The molecule has 130 valence electrons. The van der Waals surface area contributed by atoms with E-state index in [0.29, 0.717) is 16.8 Å². The standard InChI is InChI=1S/C21H24N2O2/c1-16-7-6-8-18(15-16)20(24)22-19-11-9-17(10-12-19)21(25)23-13-4-2-3-5-14-23/h6-12,15H,2-5,13-14H2,1H3,(H,22,24). The molecule has 0 spiro atoms. The first-order valence-electron chi connectivity index (χ1n) is 8.91. The van der Waals surface area contributed by atoms with Crippen molar-refractivity contribution in [2.45, 2.75) is 32.6 Å². The van der Waals surface area contributed by atoms with Crippen LogP contribution in [0.1, 0.15) is 52.0 Å². The quantitative estimate of drug-likeness (QED) is 0.910. The molecule has 25 heavy (non-hydrogen) atoms. The van der Waals surface area contributed by atoms with Crippen molar-refractivity contribution in [2.24, 2.45) is 0 Å². The minimum absolute atomic E-state index is 0.0819. The Morgan fingerprint density at radius 3 is 2.20 bits per heavy atom. The molecule has 1 aliphatic heterocycles. The molecule has 0 aliphatic carbocycles. The van der Waals surface area contributed by atoms with E-state index in [0.717, 1.165) is 31.5 Å². The third-order valence-corrected chi connectivity index (χ3v) is 4.56. The molecule has 1 N–H and O–H groups in total. The lowest BCUT2D eigenvalue weighted by Crippen LogP contribution is -2.31. The summed E-state index contributed by atoms with van der Waals surface area (Å²) in [6, 6.07) is 14.6. The Morgan fingerprint density at radius 1 is 0.880 bits per heavy atom. The summed E-state index contributed by atoms with van der Waals surface area (Å²) in [5.41, 5.74) is 3.05. The number of hydrogen-bond acceptors (Lipinski definition) is 2. The van der Waals surface area contributed by atoms with E-state index < -0.39 is 0 Å². The fourth-order valence-corrected chi connectivity index (χ4v) is 3.14. The molecule has 0 radical (unpaired) electrons. The van der Waals surface area contributed by atoms with Crippen LogP contribution >= 0.6 is 0 Å². The fourth-order valence-electron chi connectivity index (χ4n) is 3.14. The first-order chi connectivity index (χ1) is 12.1. The maximum Gasteiger partial charge on any atom is 0.255 e. The van der Waals surface area contributed by atoms with Crippen molar-refractivity contribution in [3.05, 3.63) is 65.2 Å². The lowest BCUT2D eigenvalue weighted by molar-refractivity contribution is 0.0761. The Kier molecular flexibility index (Phi) is 5.49. The predicted molar refractivity (Wildman–Crippen MR) is 99.9 cm³/mol. The van der Waals surface area contributed by atoms with Crippen LogP contribution in [-0.2, 0) is 0 Å². The van der Waals surface area contributed by atoms with Gasteiger partial charge in [0.2, 0.25) is 0 Å². The average Bonchev–Trinajstić information content (AvgIpc) is 2.91. The van der Waals surface area contributed by atoms with Crippen molar-refractivity contribution in [2.75, 3.05) is 18.4 Å². The molecule has 0 unspecified atom stereocenters. The van der Waals surface area contributed by atoms with Gasteiger partial charge < -0.3 is 10.2 Å². The third kappa shape index (κ3) is 4.47. The van der Waals surface area contributed by atoms with E-state index in [1.807, 2.05) is 30.0 Å². The zero-order valence-corrected chi connectivity index (χ0v) is 14.6. The number of benzene rings is 2. The SMILES string of the molecule is Cc1cccc(C(=O)Nc2ccc(C(=O)N3CCCCCC3)cc2)c1. The maximum atomic E-state index is 12.6. The summed E-state index contributed by atoms with van der Waals surface area (Å²) >= 11 is 0. The average molecular weight is 336 g/mol. The summed E-state index contributed by atoms with van der Waals surface area (Å²) in [5, 5.41) is 2.88.